The van der Waals surface area contributed by atoms with Gasteiger partial charge in [0.25, 0.3) is 0 Å². The molecule has 0 spiro atoms. The SMILES string of the molecule is C=CCN1C[C@H](C)N([C@H](c2ccc(-c3nnn(CCCC)n3)cc2)c2cccc(O)c2)C[C@H]1C. The van der Waals surface area contributed by atoms with E-state index in [1.807, 2.05) is 18.2 Å². The van der Waals surface area contributed by atoms with E-state index in [1.165, 1.54) is 5.56 Å². The van der Waals surface area contributed by atoms with E-state index in [4.69, 9.17) is 0 Å². The number of rotatable bonds is 9. The average Bonchev–Trinajstić information content (AvgIpc) is 3.30. The molecule has 3 atom stereocenters. The van der Waals surface area contributed by atoms with Gasteiger partial charge in [0, 0.05) is 37.3 Å². The first-order chi connectivity index (χ1) is 16.5. The minimum atomic E-state index is 0.0395. The lowest BCUT2D eigenvalue weighted by molar-refractivity contribution is 0.0306. The van der Waals surface area contributed by atoms with Crippen LogP contribution in [0.1, 0.15) is 50.8 Å². The van der Waals surface area contributed by atoms with Crippen molar-refractivity contribution in [1.82, 2.24) is 30.0 Å². The van der Waals surface area contributed by atoms with Crippen molar-refractivity contribution in [2.45, 2.75) is 58.3 Å². The van der Waals surface area contributed by atoms with E-state index in [1.54, 1.807) is 10.9 Å². The largest absolute Gasteiger partial charge is 0.508 e. The van der Waals surface area contributed by atoms with Crippen LogP contribution in [0, 0.1) is 0 Å². The van der Waals surface area contributed by atoms with Gasteiger partial charge in [-0.05, 0) is 48.7 Å². The molecule has 0 unspecified atom stereocenters. The minimum absolute atomic E-state index is 0.0395. The highest BCUT2D eigenvalue weighted by Crippen LogP contribution is 2.35. The fraction of sp³-hybridized carbons (Fsp3) is 0.444. The van der Waals surface area contributed by atoms with Crippen LogP contribution >= 0.6 is 0 Å². The Bertz CT molecular complexity index is 1080. The van der Waals surface area contributed by atoms with Crippen molar-refractivity contribution < 1.29 is 5.11 Å². The number of aromatic nitrogens is 4. The van der Waals surface area contributed by atoms with Crippen molar-refractivity contribution in [2.75, 3.05) is 19.6 Å². The molecule has 1 saturated heterocycles. The minimum Gasteiger partial charge on any atom is -0.508 e. The van der Waals surface area contributed by atoms with Crippen molar-refractivity contribution in [2.24, 2.45) is 0 Å². The smallest absolute Gasteiger partial charge is 0.204 e. The van der Waals surface area contributed by atoms with Crippen LogP contribution in [0.3, 0.4) is 0 Å². The van der Waals surface area contributed by atoms with Gasteiger partial charge in [0.15, 0.2) is 0 Å². The fourth-order valence-electron chi connectivity index (χ4n) is 4.84. The van der Waals surface area contributed by atoms with Gasteiger partial charge in [0.05, 0.1) is 12.6 Å². The Balaban J connectivity index is 1.63. The van der Waals surface area contributed by atoms with E-state index >= 15 is 0 Å². The molecule has 1 aliphatic heterocycles. The number of hydrogen-bond acceptors (Lipinski definition) is 6. The predicted molar refractivity (Wildman–Crippen MR) is 136 cm³/mol. The molecule has 0 aliphatic carbocycles. The maximum Gasteiger partial charge on any atom is 0.204 e. The van der Waals surface area contributed by atoms with E-state index in [2.05, 4.69) is 82.9 Å². The summed E-state index contributed by atoms with van der Waals surface area (Å²) in [4.78, 5) is 6.70. The normalized spacial score (nSPS) is 20.3. The molecule has 34 heavy (non-hydrogen) atoms. The standard InChI is InChI=1S/C27H36N6O/c1-5-7-16-33-29-27(28-30-33)23-13-11-22(12-14-23)26(24-9-8-10-25(34)17-24)32-19-20(3)31(15-6-2)18-21(32)4/h6,8-14,17,20-21,26,34H,2,5,7,15-16,18-19H2,1,3-4H3/t20-,21+,26-/m1/s1. The molecule has 1 aliphatic rings. The molecule has 7 heteroatoms. The lowest BCUT2D eigenvalue weighted by Gasteiger charge is -2.47. The molecule has 0 radical (unpaired) electrons. The van der Waals surface area contributed by atoms with Crippen LogP contribution in [0.15, 0.2) is 61.2 Å². The molecular formula is C27H36N6O. The summed E-state index contributed by atoms with van der Waals surface area (Å²) in [6.07, 6.45) is 4.12. The molecule has 1 N–H and O–H groups in total. The zero-order valence-electron chi connectivity index (χ0n) is 20.5. The zero-order valence-corrected chi connectivity index (χ0v) is 20.5. The van der Waals surface area contributed by atoms with Gasteiger partial charge in [0.2, 0.25) is 5.82 Å². The van der Waals surface area contributed by atoms with Gasteiger partial charge in [-0.2, -0.15) is 4.80 Å². The quantitative estimate of drug-likeness (QED) is 0.474. The van der Waals surface area contributed by atoms with Crippen molar-refractivity contribution >= 4 is 0 Å². The lowest BCUT2D eigenvalue weighted by atomic mass is 9.92. The molecule has 0 saturated carbocycles. The third kappa shape index (κ3) is 5.37. The zero-order chi connectivity index (χ0) is 24.1. The van der Waals surface area contributed by atoms with E-state index in [-0.39, 0.29) is 11.8 Å². The summed E-state index contributed by atoms with van der Waals surface area (Å²) >= 11 is 0. The number of phenols is 1. The second-order valence-corrected chi connectivity index (χ2v) is 9.32. The molecular weight excluding hydrogens is 424 g/mol. The number of piperazine rings is 1. The summed E-state index contributed by atoms with van der Waals surface area (Å²) in [5.41, 5.74) is 3.23. The summed E-state index contributed by atoms with van der Waals surface area (Å²) in [6, 6.07) is 16.9. The third-order valence-corrected chi connectivity index (χ3v) is 6.69. The summed E-state index contributed by atoms with van der Waals surface area (Å²) in [6.45, 7) is 14.2. The number of hydrogen-bond donors (Lipinski definition) is 1. The first kappa shape index (κ1) is 24.1. The molecule has 7 nitrogen and oxygen atoms in total. The molecule has 0 amide bonds. The Labute approximate surface area is 202 Å². The van der Waals surface area contributed by atoms with Crippen LogP contribution in [0.2, 0.25) is 0 Å². The molecule has 4 rings (SSSR count). The van der Waals surface area contributed by atoms with Crippen LogP contribution in [0.25, 0.3) is 11.4 Å². The van der Waals surface area contributed by atoms with Crippen LogP contribution in [-0.2, 0) is 6.54 Å². The summed E-state index contributed by atoms with van der Waals surface area (Å²) in [5.74, 6) is 0.939. The van der Waals surface area contributed by atoms with Gasteiger partial charge < -0.3 is 5.11 Å². The Hall–Kier alpha value is -3.03. The Kier molecular flexibility index (Phi) is 7.75. The van der Waals surface area contributed by atoms with Gasteiger partial charge in [-0.15, -0.1) is 16.8 Å². The maximum absolute atomic E-state index is 10.2. The van der Waals surface area contributed by atoms with Crippen LogP contribution in [-0.4, -0.2) is 66.8 Å². The fourth-order valence-corrected chi connectivity index (χ4v) is 4.84. The third-order valence-electron chi connectivity index (χ3n) is 6.69. The monoisotopic (exact) mass is 460 g/mol. The Morgan fingerprint density at radius 3 is 2.59 bits per heavy atom. The molecule has 1 aromatic heterocycles. The van der Waals surface area contributed by atoms with Crippen molar-refractivity contribution in [1.29, 1.82) is 0 Å². The molecule has 180 valence electrons. The van der Waals surface area contributed by atoms with Crippen LogP contribution < -0.4 is 0 Å². The highest BCUT2D eigenvalue weighted by molar-refractivity contribution is 5.55. The molecule has 1 fully saturated rings. The molecule has 3 aromatic rings. The van der Waals surface area contributed by atoms with Crippen molar-refractivity contribution in [3.05, 3.63) is 72.3 Å². The predicted octanol–water partition coefficient (Wildman–Crippen LogP) is 4.52. The van der Waals surface area contributed by atoms with Gasteiger partial charge in [0.1, 0.15) is 5.75 Å². The van der Waals surface area contributed by atoms with Gasteiger partial charge in [-0.3, -0.25) is 9.80 Å². The number of unbranched alkanes of at least 4 members (excludes halogenated alkanes) is 1. The second kappa shape index (κ2) is 10.9. The number of aromatic hydroxyl groups is 1. The number of phenolic OH excluding ortho intramolecular Hbond substituents is 1. The highest BCUT2D eigenvalue weighted by Gasteiger charge is 2.34. The number of nitrogens with zero attached hydrogens (tertiary/aromatic N) is 6. The van der Waals surface area contributed by atoms with Gasteiger partial charge in [-0.1, -0.05) is 55.8 Å². The first-order valence-corrected chi connectivity index (χ1v) is 12.3. The topological polar surface area (TPSA) is 70.3 Å². The van der Waals surface area contributed by atoms with Crippen LogP contribution in [0.5, 0.6) is 5.75 Å². The summed E-state index contributed by atoms with van der Waals surface area (Å²) < 4.78 is 0. The summed E-state index contributed by atoms with van der Waals surface area (Å²) in [5, 5.41) is 23.2. The summed E-state index contributed by atoms with van der Waals surface area (Å²) in [7, 11) is 0. The van der Waals surface area contributed by atoms with Crippen molar-refractivity contribution in [3.8, 4) is 17.1 Å². The van der Waals surface area contributed by atoms with Crippen molar-refractivity contribution in [3.63, 3.8) is 0 Å². The number of tetrazole rings is 1. The lowest BCUT2D eigenvalue weighted by Crippen LogP contribution is -2.57. The van der Waals surface area contributed by atoms with E-state index in [0.29, 0.717) is 17.9 Å². The van der Waals surface area contributed by atoms with E-state index in [9.17, 15) is 5.11 Å². The van der Waals surface area contributed by atoms with E-state index in [0.717, 1.165) is 50.1 Å². The second-order valence-electron chi connectivity index (χ2n) is 9.32. The molecule has 2 heterocycles. The Morgan fingerprint density at radius 2 is 1.88 bits per heavy atom. The van der Waals surface area contributed by atoms with E-state index < -0.39 is 0 Å². The molecule has 0 bridgehead atoms. The maximum atomic E-state index is 10.2. The molecule has 2 aromatic carbocycles. The number of benzene rings is 2. The van der Waals surface area contributed by atoms with Gasteiger partial charge >= 0.3 is 0 Å². The number of aryl methyl sites for hydroxylation is 1. The highest BCUT2D eigenvalue weighted by atomic mass is 16.3. The first-order valence-electron chi connectivity index (χ1n) is 12.3. The van der Waals surface area contributed by atoms with Crippen LogP contribution in [0.4, 0.5) is 0 Å². The van der Waals surface area contributed by atoms with Gasteiger partial charge in [-0.25, -0.2) is 0 Å². The average molecular weight is 461 g/mol. The Morgan fingerprint density at radius 1 is 1.09 bits per heavy atom.